The number of nitrogens with zero attached hydrogens (tertiary/aromatic N) is 1. The summed E-state index contributed by atoms with van der Waals surface area (Å²) in [6, 6.07) is 14.5. The second-order valence-corrected chi connectivity index (χ2v) is 4.82. The van der Waals surface area contributed by atoms with Gasteiger partial charge in [-0.05, 0) is 36.2 Å². The molecule has 1 N–H and O–H groups in total. The van der Waals surface area contributed by atoms with Crippen molar-refractivity contribution in [3.05, 3.63) is 64.2 Å². The fraction of sp³-hybridized carbons (Fsp3) is 0.125. The molecule has 0 saturated heterocycles. The second-order valence-electron chi connectivity index (χ2n) is 4.41. The Morgan fingerprint density at radius 2 is 2.05 bits per heavy atom. The molecule has 0 unspecified atom stereocenters. The molecule has 0 bridgehead atoms. The van der Waals surface area contributed by atoms with E-state index in [2.05, 4.69) is 11.4 Å². The van der Waals surface area contributed by atoms with Gasteiger partial charge in [0.15, 0.2) is 0 Å². The minimum atomic E-state index is -0.240. The normalized spacial score (nSPS) is 9.85. The van der Waals surface area contributed by atoms with Gasteiger partial charge in [0.2, 0.25) is 0 Å². The number of rotatable bonds is 3. The Morgan fingerprint density at radius 1 is 1.30 bits per heavy atom. The summed E-state index contributed by atoms with van der Waals surface area (Å²) >= 11 is 6.03. The Labute approximate surface area is 122 Å². The lowest BCUT2D eigenvalue weighted by molar-refractivity contribution is 0.102. The van der Waals surface area contributed by atoms with Crippen molar-refractivity contribution in [2.45, 2.75) is 13.3 Å². The van der Waals surface area contributed by atoms with E-state index < -0.39 is 0 Å². The number of carbonyl (C=O) groups is 1. The van der Waals surface area contributed by atoms with Crippen LogP contribution in [0.15, 0.2) is 42.5 Å². The fourth-order valence-corrected chi connectivity index (χ4v) is 2.03. The highest BCUT2D eigenvalue weighted by Gasteiger charge is 2.11. The molecule has 0 radical (unpaired) electrons. The van der Waals surface area contributed by atoms with Crippen LogP contribution in [0.1, 0.15) is 21.5 Å². The standard InChI is InChI=1S/C16H13ClN2O/c1-11-6-7-13(10-15(11)17)19-16(20)14-5-3-2-4-12(14)8-9-18/h2-7,10H,8H2,1H3,(H,19,20). The van der Waals surface area contributed by atoms with Crippen molar-refractivity contribution in [2.75, 3.05) is 5.32 Å². The first-order chi connectivity index (χ1) is 9.61. The van der Waals surface area contributed by atoms with E-state index in [1.807, 2.05) is 19.1 Å². The summed E-state index contributed by atoms with van der Waals surface area (Å²) in [4.78, 5) is 12.2. The van der Waals surface area contributed by atoms with Gasteiger partial charge in [0, 0.05) is 16.3 Å². The number of anilines is 1. The van der Waals surface area contributed by atoms with Gasteiger partial charge in [-0.1, -0.05) is 35.9 Å². The second kappa shape index (κ2) is 6.23. The van der Waals surface area contributed by atoms with Crippen LogP contribution in [0.2, 0.25) is 5.02 Å². The molecule has 0 heterocycles. The number of amides is 1. The number of nitriles is 1. The molecule has 0 fully saturated rings. The lowest BCUT2D eigenvalue weighted by Gasteiger charge is -2.09. The maximum Gasteiger partial charge on any atom is 0.255 e. The topological polar surface area (TPSA) is 52.9 Å². The van der Waals surface area contributed by atoms with E-state index in [9.17, 15) is 4.79 Å². The molecule has 0 saturated carbocycles. The lowest BCUT2D eigenvalue weighted by Crippen LogP contribution is -2.14. The van der Waals surface area contributed by atoms with Crippen molar-refractivity contribution in [3.8, 4) is 6.07 Å². The van der Waals surface area contributed by atoms with Crippen molar-refractivity contribution in [3.63, 3.8) is 0 Å². The summed E-state index contributed by atoms with van der Waals surface area (Å²) < 4.78 is 0. The molecule has 1 amide bonds. The van der Waals surface area contributed by atoms with Crippen molar-refractivity contribution >= 4 is 23.2 Å². The zero-order valence-electron chi connectivity index (χ0n) is 11.0. The van der Waals surface area contributed by atoms with Gasteiger partial charge in [-0.2, -0.15) is 5.26 Å². The molecule has 2 aromatic carbocycles. The van der Waals surface area contributed by atoms with Crippen LogP contribution in [-0.2, 0) is 6.42 Å². The van der Waals surface area contributed by atoms with Crippen LogP contribution in [0, 0.1) is 18.3 Å². The summed E-state index contributed by atoms with van der Waals surface area (Å²) in [5.74, 6) is -0.240. The average molecular weight is 285 g/mol. The first kappa shape index (κ1) is 14.1. The van der Waals surface area contributed by atoms with E-state index in [1.54, 1.807) is 30.3 Å². The fourth-order valence-electron chi connectivity index (χ4n) is 1.85. The quantitative estimate of drug-likeness (QED) is 0.927. The lowest BCUT2D eigenvalue weighted by atomic mass is 10.0. The molecule has 2 rings (SSSR count). The Balaban J connectivity index is 2.24. The van der Waals surface area contributed by atoms with Crippen LogP contribution >= 0.6 is 11.6 Å². The molecule has 0 spiro atoms. The van der Waals surface area contributed by atoms with Crippen LogP contribution in [0.25, 0.3) is 0 Å². The van der Waals surface area contributed by atoms with Gasteiger partial charge in [-0.25, -0.2) is 0 Å². The van der Waals surface area contributed by atoms with Gasteiger partial charge in [0.25, 0.3) is 5.91 Å². The Hall–Kier alpha value is -2.31. The predicted molar refractivity (Wildman–Crippen MR) is 79.9 cm³/mol. The smallest absolute Gasteiger partial charge is 0.255 e. The van der Waals surface area contributed by atoms with E-state index in [0.717, 1.165) is 5.56 Å². The van der Waals surface area contributed by atoms with Gasteiger partial charge in [0.1, 0.15) is 0 Å². The van der Waals surface area contributed by atoms with Crippen LogP contribution in [-0.4, -0.2) is 5.91 Å². The molecule has 4 heteroatoms. The minimum Gasteiger partial charge on any atom is -0.322 e. The zero-order chi connectivity index (χ0) is 14.5. The highest BCUT2D eigenvalue weighted by Crippen LogP contribution is 2.21. The van der Waals surface area contributed by atoms with Crippen LogP contribution in [0.3, 0.4) is 0 Å². The molecule has 2 aromatic rings. The third-order valence-electron chi connectivity index (χ3n) is 2.96. The van der Waals surface area contributed by atoms with E-state index in [4.69, 9.17) is 16.9 Å². The molecular formula is C16H13ClN2O. The molecule has 0 aromatic heterocycles. The summed E-state index contributed by atoms with van der Waals surface area (Å²) in [5, 5.41) is 12.2. The van der Waals surface area contributed by atoms with Crippen LogP contribution in [0.5, 0.6) is 0 Å². The van der Waals surface area contributed by atoms with Crippen LogP contribution < -0.4 is 5.32 Å². The third kappa shape index (κ3) is 3.17. The molecule has 0 aliphatic heterocycles. The summed E-state index contributed by atoms with van der Waals surface area (Å²) in [5.41, 5.74) is 2.81. The zero-order valence-corrected chi connectivity index (χ0v) is 11.7. The van der Waals surface area contributed by atoms with E-state index >= 15 is 0 Å². The molecule has 20 heavy (non-hydrogen) atoms. The van der Waals surface area contributed by atoms with Gasteiger partial charge < -0.3 is 5.32 Å². The molecule has 0 aliphatic carbocycles. The number of aryl methyl sites for hydroxylation is 1. The summed E-state index contributed by atoms with van der Waals surface area (Å²) in [6.07, 6.45) is 0.207. The Morgan fingerprint density at radius 3 is 2.75 bits per heavy atom. The highest BCUT2D eigenvalue weighted by molar-refractivity contribution is 6.31. The number of benzene rings is 2. The summed E-state index contributed by atoms with van der Waals surface area (Å²) in [7, 11) is 0. The third-order valence-corrected chi connectivity index (χ3v) is 3.37. The van der Waals surface area contributed by atoms with Gasteiger partial charge in [-0.15, -0.1) is 0 Å². The predicted octanol–water partition coefficient (Wildman–Crippen LogP) is 3.97. The summed E-state index contributed by atoms with van der Waals surface area (Å²) in [6.45, 7) is 1.90. The van der Waals surface area contributed by atoms with E-state index in [1.165, 1.54) is 0 Å². The van der Waals surface area contributed by atoms with Crippen LogP contribution in [0.4, 0.5) is 5.69 Å². The largest absolute Gasteiger partial charge is 0.322 e. The maximum atomic E-state index is 12.2. The maximum absolute atomic E-state index is 12.2. The number of hydrogen-bond acceptors (Lipinski definition) is 2. The first-order valence-electron chi connectivity index (χ1n) is 6.14. The van der Waals surface area contributed by atoms with E-state index in [-0.39, 0.29) is 12.3 Å². The number of carbonyl (C=O) groups excluding carboxylic acids is 1. The monoisotopic (exact) mass is 284 g/mol. The first-order valence-corrected chi connectivity index (χ1v) is 6.52. The Kier molecular flexibility index (Phi) is 4.39. The van der Waals surface area contributed by atoms with Gasteiger partial charge in [-0.3, -0.25) is 4.79 Å². The molecule has 3 nitrogen and oxygen atoms in total. The van der Waals surface area contributed by atoms with Gasteiger partial charge in [0.05, 0.1) is 12.5 Å². The number of hydrogen-bond donors (Lipinski definition) is 1. The Bertz CT molecular complexity index is 689. The number of nitrogens with one attached hydrogen (secondary N) is 1. The van der Waals surface area contributed by atoms with Crippen molar-refractivity contribution in [2.24, 2.45) is 0 Å². The average Bonchev–Trinajstić information content (AvgIpc) is 2.44. The van der Waals surface area contributed by atoms with E-state index in [0.29, 0.717) is 21.8 Å². The van der Waals surface area contributed by atoms with Crippen molar-refractivity contribution < 1.29 is 4.79 Å². The van der Waals surface area contributed by atoms with Crippen molar-refractivity contribution in [1.82, 2.24) is 0 Å². The minimum absolute atomic E-state index is 0.207. The SMILES string of the molecule is Cc1ccc(NC(=O)c2ccccc2CC#N)cc1Cl. The molecule has 0 atom stereocenters. The molecule has 100 valence electrons. The molecule has 0 aliphatic rings. The molecular weight excluding hydrogens is 272 g/mol. The van der Waals surface area contributed by atoms with Crippen molar-refractivity contribution in [1.29, 1.82) is 5.26 Å². The number of halogens is 1. The van der Waals surface area contributed by atoms with Gasteiger partial charge >= 0.3 is 0 Å². The highest BCUT2D eigenvalue weighted by atomic mass is 35.5.